The van der Waals surface area contributed by atoms with E-state index in [9.17, 15) is 14.9 Å². The lowest BCUT2D eigenvalue weighted by Gasteiger charge is -2.10. The maximum absolute atomic E-state index is 12.3. The third-order valence-corrected chi connectivity index (χ3v) is 5.67. The van der Waals surface area contributed by atoms with Crippen LogP contribution in [0.15, 0.2) is 41.6 Å². The SMILES string of the molecule is Cc1ccc(C)c(OCc2nnc(SCC(=O)Nc3ccc([N+](=O)[O-])cc3C)n2C)c1. The van der Waals surface area contributed by atoms with Gasteiger partial charge >= 0.3 is 0 Å². The molecule has 0 bridgehead atoms. The van der Waals surface area contributed by atoms with E-state index in [-0.39, 0.29) is 24.0 Å². The van der Waals surface area contributed by atoms with E-state index < -0.39 is 4.92 Å². The van der Waals surface area contributed by atoms with Gasteiger partial charge in [-0.05, 0) is 49.6 Å². The Hall–Kier alpha value is -3.40. The number of carbonyl (C=O) groups is 1. The first kappa shape index (κ1) is 22.3. The smallest absolute Gasteiger partial charge is 0.269 e. The van der Waals surface area contributed by atoms with Gasteiger partial charge in [-0.3, -0.25) is 14.9 Å². The fraction of sp³-hybridized carbons (Fsp3) is 0.286. The zero-order valence-corrected chi connectivity index (χ0v) is 18.5. The van der Waals surface area contributed by atoms with Crippen molar-refractivity contribution in [3.05, 3.63) is 69.0 Å². The van der Waals surface area contributed by atoms with Gasteiger partial charge in [-0.15, -0.1) is 10.2 Å². The highest BCUT2D eigenvalue weighted by Gasteiger charge is 2.14. The molecular weight excluding hydrogens is 418 g/mol. The van der Waals surface area contributed by atoms with Crippen LogP contribution >= 0.6 is 11.8 Å². The van der Waals surface area contributed by atoms with Gasteiger partial charge in [0.1, 0.15) is 12.4 Å². The van der Waals surface area contributed by atoms with Crippen LogP contribution in [0.1, 0.15) is 22.5 Å². The summed E-state index contributed by atoms with van der Waals surface area (Å²) < 4.78 is 7.67. The average Bonchev–Trinajstić information content (AvgIpc) is 3.08. The molecule has 0 unspecified atom stereocenters. The standard InChI is InChI=1S/C21H23N5O4S/c1-13-5-6-14(2)18(9-13)30-11-19-23-24-21(25(19)4)31-12-20(27)22-17-8-7-16(26(28)29)10-15(17)3/h5-10H,11-12H2,1-4H3,(H,22,27). The molecule has 3 aromatic rings. The number of amides is 1. The topological polar surface area (TPSA) is 112 Å². The molecule has 0 aliphatic carbocycles. The number of nitrogens with one attached hydrogen (secondary N) is 1. The Morgan fingerprint density at radius 2 is 1.94 bits per heavy atom. The maximum Gasteiger partial charge on any atom is 0.269 e. The molecule has 0 radical (unpaired) electrons. The summed E-state index contributed by atoms with van der Waals surface area (Å²) in [5.41, 5.74) is 3.30. The molecule has 0 saturated heterocycles. The third-order valence-electron chi connectivity index (χ3n) is 4.65. The highest BCUT2D eigenvalue weighted by Crippen LogP contribution is 2.23. The molecule has 0 aliphatic heterocycles. The molecule has 10 heteroatoms. The zero-order valence-electron chi connectivity index (χ0n) is 17.7. The number of hydrogen-bond acceptors (Lipinski definition) is 7. The van der Waals surface area contributed by atoms with Crippen LogP contribution in [0, 0.1) is 30.9 Å². The molecule has 162 valence electrons. The molecule has 1 heterocycles. The Balaban J connectivity index is 1.56. The van der Waals surface area contributed by atoms with Crippen molar-refractivity contribution in [3.63, 3.8) is 0 Å². The van der Waals surface area contributed by atoms with E-state index >= 15 is 0 Å². The van der Waals surface area contributed by atoms with Crippen LogP contribution in [0.5, 0.6) is 5.75 Å². The number of benzene rings is 2. The van der Waals surface area contributed by atoms with E-state index in [0.717, 1.165) is 16.9 Å². The van der Waals surface area contributed by atoms with Gasteiger partial charge in [0.25, 0.3) is 5.69 Å². The number of aromatic nitrogens is 3. The predicted octanol–water partition coefficient (Wildman–Crippen LogP) is 3.96. The molecule has 9 nitrogen and oxygen atoms in total. The Bertz CT molecular complexity index is 1130. The van der Waals surface area contributed by atoms with Crippen LogP contribution in [0.25, 0.3) is 0 Å². The molecule has 0 saturated carbocycles. The number of anilines is 1. The van der Waals surface area contributed by atoms with Gasteiger partial charge in [0.15, 0.2) is 11.0 Å². The third kappa shape index (κ3) is 5.60. The summed E-state index contributed by atoms with van der Waals surface area (Å²) in [6.45, 7) is 5.97. The summed E-state index contributed by atoms with van der Waals surface area (Å²) in [5.74, 6) is 1.34. The minimum absolute atomic E-state index is 0.0143. The summed E-state index contributed by atoms with van der Waals surface area (Å²) in [4.78, 5) is 22.7. The summed E-state index contributed by atoms with van der Waals surface area (Å²) in [7, 11) is 1.82. The number of nitrogens with zero attached hydrogens (tertiary/aromatic N) is 4. The normalized spacial score (nSPS) is 10.7. The van der Waals surface area contributed by atoms with Gasteiger partial charge in [-0.2, -0.15) is 0 Å². The molecule has 31 heavy (non-hydrogen) atoms. The Morgan fingerprint density at radius 1 is 1.16 bits per heavy atom. The molecule has 0 spiro atoms. The first-order valence-corrected chi connectivity index (χ1v) is 10.5. The second-order valence-corrected chi connectivity index (χ2v) is 8.05. The second-order valence-electron chi connectivity index (χ2n) is 7.11. The van der Waals surface area contributed by atoms with Gasteiger partial charge in [0, 0.05) is 24.9 Å². The molecule has 1 aromatic heterocycles. The highest BCUT2D eigenvalue weighted by molar-refractivity contribution is 7.99. The Morgan fingerprint density at radius 3 is 2.65 bits per heavy atom. The van der Waals surface area contributed by atoms with Crippen molar-refractivity contribution in [1.82, 2.24) is 14.8 Å². The molecule has 0 fully saturated rings. The predicted molar refractivity (Wildman–Crippen MR) is 118 cm³/mol. The van der Waals surface area contributed by atoms with Crippen LogP contribution in [-0.4, -0.2) is 31.3 Å². The van der Waals surface area contributed by atoms with E-state index in [1.54, 1.807) is 11.5 Å². The van der Waals surface area contributed by atoms with Gasteiger partial charge in [0.2, 0.25) is 5.91 Å². The monoisotopic (exact) mass is 441 g/mol. The van der Waals surface area contributed by atoms with Crippen molar-refractivity contribution in [1.29, 1.82) is 0 Å². The van der Waals surface area contributed by atoms with E-state index in [1.807, 2.05) is 39.1 Å². The van der Waals surface area contributed by atoms with Crippen LogP contribution in [0.2, 0.25) is 0 Å². The summed E-state index contributed by atoms with van der Waals surface area (Å²) in [6, 6.07) is 10.3. The average molecular weight is 442 g/mol. The Kier molecular flexibility index (Phi) is 6.91. The lowest BCUT2D eigenvalue weighted by atomic mass is 10.1. The molecule has 0 aliphatic rings. The lowest BCUT2D eigenvalue weighted by molar-refractivity contribution is -0.384. The molecule has 3 rings (SSSR count). The second kappa shape index (κ2) is 9.61. The van der Waals surface area contributed by atoms with Gasteiger partial charge in [-0.25, -0.2) is 0 Å². The van der Waals surface area contributed by atoms with E-state index in [4.69, 9.17) is 4.74 Å². The van der Waals surface area contributed by atoms with Crippen molar-refractivity contribution < 1.29 is 14.5 Å². The van der Waals surface area contributed by atoms with Crippen molar-refractivity contribution in [2.24, 2.45) is 7.05 Å². The number of nitro groups is 1. The first-order chi connectivity index (χ1) is 14.7. The summed E-state index contributed by atoms with van der Waals surface area (Å²) in [6.07, 6.45) is 0. The number of thioether (sulfide) groups is 1. The number of rotatable bonds is 8. The van der Waals surface area contributed by atoms with Crippen molar-refractivity contribution >= 4 is 29.0 Å². The molecule has 2 aromatic carbocycles. The van der Waals surface area contributed by atoms with Gasteiger partial charge < -0.3 is 14.6 Å². The summed E-state index contributed by atoms with van der Waals surface area (Å²) in [5, 5.41) is 22.5. The van der Waals surface area contributed by atoms with Crippen molar-refractivity contribution in [3.8, 4) is 5.75 Å². The van der Waals surface area contributed by atoms with E-state index in [1.165, 1.54) is 30.0 Å². The maximum atomic E-state index is 12.3. The zero-order chi connectivity index (χ0) is 22.5. The summed E-state index contributed by atoms with van der Waals surface area (Å²) >= 11 is 1.25. The number of ether oxygens (including phenoxy) is 1. The number of non-ortho nitro benzene ring substituents is 1. The number of hydrogen-bond donors (Lipinski definition) is 1. The van der Waals surface area contributed by atoms with Gasteiger partial charge in [-0.1, -0.05) is 23.9 Å². The number of carbonyl (C=O) groups excluding carboxylic acids is 1. The minimum atomic E-state index is -0.468. The quantitative estimate of drug-likeness (QED) is 0.320. The fourth-order valence-electron chi connectivity index (χ4n) is 2.82. The first-order valence-electron chi connectivity index (χ1n) is 9.50. The lowest BCUT2D eigenvalue weighted by Crippen LogP contribution is -2.15. The largest absolute Gasteiger partial charge is 0.485 e. The minimum Gasteiger partial charge on any atom is -0.485 e. The van der Waals surface area contributed by atoms with Crippen molar-refractivity contribution in [2.75, 3.05) is 11.1 Å². The number of aryl methyl sites for hydroxylation is 3. The van der Waals surface area contributed by atoms with E-state index in [0.29, 0.717) is 22.2 Å². The van der Waals surface area contributed by atoms with Crippen LogP contribution in [0.4, 0.5) is 11.4 Å². The van der Waals surface area contributed by atoms with Crippen molar-refractivity contribution in [2.45, 2.75) is 32.5 Å². The fourth-order valence-corrected chi connectivity index (χ4v) is 3.55. The molecular formula is C21H23N5O4S. The highest BCUT2D eigenvalue weighted by atomic mass is 32.2. The Labute approximate surface area is 184 Å². The number of nitro benzene ring substituents is 1. The van der Waals surface area contributed by atoms with Gasteiger partial charge in [0.05, 0.1) is 10.7 Å². The van der Waals surface area contributed by atoms with Crippen LogP contribution < -0.4 is 10.1 Å². The van der Waals surface area contributed by atoms with Crippen LogP contribution in [0.3, 0.4) is 0 Å². The molecule has 1 amide bonds. The molecule has 0 atom stereocenters. The molecule has 1 N–H and O–H groups in total. The van der Waals surface area contributed by atoms with Crippen LogP contribution in [-0.2, 0) is 18.4 Å². The van der Waals surface area contributed by atoms with E-state index in [2.05, 4.69) is 15.5 Å².